The Hall–Kier alpha value is -4.14. The lowest BCUT2D eigenvalue weighted by Crippen LogP contribution is -2.27. The van der Waals surface area contributed by atoms with E-state index in [1.165, 1.54) is 31.0 Å². The van der Waals surface area contributed by atoms with Crippen LogP contribution in [0.1, 0.15) is 37.5 Å². The number of hydrogen-bond donors (Lipinski definition) is 0. The smallest absolute Gasteiger partial charge is 0.340 e. The second-order valence-corrected chi connectivity index (χ2v) is 6.28. The number of rotatable bonds is 9. The van der Waals surface area contributed by atoms with Gasteiger partial charge < -0.3 is 14.2 Å². The number of pyridine rings is 3. The summed E-state index contributed by atoms with van der Waals surface area (Å²) in [5, 5.41) is 0. The predicted molar refractivity (Wildman–Crippen MR) is 107 cm³/mol. The van der Waals surface area contributed by atoms with Crippen molar-refractivity contribution in [3.63, 3.8) is 0 Å². The van der Waals surface area contributed by atoms with Gasteiger partial charge >= 0.3 is 17.9 Å². The highest BCUT2D eigenvalue weighted by atomic mass is 16.6. The van der Waals surface area contributed by atoms with Crippen LogP contribution in [0.3, 0.4) is 0 Å². The molecular weight excluding hydrogens is 402 g/mol. The first-order valence-electron chi connectivity index (χ1n) is 9.39. The van der Waals surface area contributed by atoms with Crippen LogP contribution in [0.25, 0.3) is 0 Å². The van der Waals surface area contributed by atoms with Gasteiger partial charge in [-0.25, -0.2) is 14.4 Å². The number of esters is 3. The fourth-order valence-electron chi connectivity index (χ4n) is 2.46. The minimum Gasteiger partial charge on any atom is -0.462 e. The van der Waals surface area contributed by atoms with Gasteiger partial charge in [0.2, 0.25) is 0 Å². The molecule has 0 N–H and O–H groups in total. The van der Waals surface area contributed by atoms with E-state index in [0.717, 1.165) is 0 Å². The third kappa shape index (κ3) is 6.70. The second kappa shape index (κ2) is 11.1. The first-order valence-corrected chi connectivity index (χ1v) is 9.39. The van der Waals surface area contributed by atoms with E-state index in [4.69, 9.17) is 14.2 Å². The fourth-order valence-corrected chi connectivity index (χ4v) is 2.46. The molecule has 3 aromatic heterocycles. The molecule has 0 aliphatic rings. The van der Waals surface area contributed by atoms with Gasteiger partial charge in [0, 0.05) is 43.6 Å². The van der Waals surface area contributed by atoms with Gasteiger partial charge in [-0.3, -0.25) is 15.0 Å². The van der Waals surface area contributed by atoms with E-state index in [1.54, 1.807) is 42.6 Å². The lowest BCUT2D eigenvalue weighted by molar-refractivity contribution is -0.00975. The third-order valence-electron chi connectivity index (χ3n) is 4.04. The van der Waals surface area contributed by atoms with Crippen molar-refractivity contribution in [2.75, 3.05) is 13.2 Å². The average Bonchev–Trinajstić information content (AvgIpc) is 2.83. The van der Waals surface area contributed by atoms with Crippen LogP contribution in [0.2, 0.25) is 0 Å². The molecule has 0 bridgehead atoms. The summed E-state index contributed by atoms with van der Waals surface area (Å²) in [4.78, 5) is 48.2. The maximum absolute atomic E-state index is 12.4. The Bertz CT molecular complexity index is 1000. The van der Waals surface area contributed by atoms with E-state index in [9.17, 15) is 14.4 Å². The summed E-state index contributed by atoms with van der Waals surface area (Å²) in [6.45, 7) is -0.271. The van der Waals surface area contributed by atoms with Crippen molar-refractivity contribution in [3.8, 4) is 0 Å². The molecule has 158 valence electrons. The van der Waals surface area contributed by atoms with Crippen molar-refractivity contribution in [2.24, 2.45) is 0 Å². The number of carbonyl (C=O) groups is 3. The minimum atomic E-state index is -0.838. The molecule has 0 amide bonds. The van der Waals surface area contributed by atoms with Gasteiger partial charge in [-0.2, -0.15) is 0 Å². The minimum absolute atomic E-state index is 0.0524. The number of carbonyl (C=O) groups excluding carboxylic acids is 3. The summed E-state index contributed by atoms with van der Waals surface area (Å²) in [6.07, 6.45) is 8.01. The van der Waals surface area contributed by atoms with E-state index in [-0.39, 0.29) is 30.8 Å². The summed E-state index contributed by atoms with van der Waals surface area (Å²) in [5.41, 5.74) is 0.815. The van der Waals surface area contributed by atoms with E-state index in [1.807, 2.05) is 0 Å². The van der Waals surface area contributed by atoms with Crippen LogP contribution in [0.4, 0.5) is 0 Å². The molecule has 0 spiro atoms. The molecular formula is C22H19N3O6. The quantitative estimate of drug-likeness (QED) is 0.379. The Morgan fingerprint density at radius 2 is 1.19 bits per heavy atom. The highest BCUT2D eigenvalue weighted by Gasteiger charge is 2.20. The first kappa shape index (κ1) is 21.6. The molecule has 0 saturated heterocycles. The molecule has 9 heteroatoms. The maximum atomic E-state index is 12.4. The Balaban J connectivity index is 1.58. The van der Waals surface area contributed by atoms with Gasteiger partial charge in [0.25, 0.3) is 0 Å². The normalized spacial score (nSPS) is 11.2. The van der Waals surface area contributed by atoms with Gasteiger partial charge in [-0.1, -0.05) is 0 Å². The van der Waals surface area contributed by atoms with Crippen LogP contribution < -0.4 is 0 Å². The Kier molecular flexibility index (Phi) is 7.76. The molecule has 0 aliphatic heterocycles. The van der Waals surface area contributed by atoms with E-state index < -0.39 is 24.0 Å². The summed E-state index contributed by atoms with van der Waals surface area (Å²) in [6, 6.07) is 9.51. The molecule has 31 heavy (non-hydrogen) atoms. The average molecular weight is 421 g/mol. The van der Waals surface area contributed by atoms with Gasteiger partial charge in [0.05, 0.1) is 23.3 Å². The topological polar surface area (TPSA) is 118 Å². The maximum Gasteiger partial charge on any atom is 0.340 e. The second-order valence-electron chi connectivity index (χ2n) is 6.28. The Morgan fingerprint density at radius 1 is 0.710 bits per heavy atom. The molecule has 9 nitrogen and oxygen atoms in total. The van der Waals surface area contributed by atoms with Crippen LogP contribution in [0, 0.1) is 0 Å². The van der Waals surface area contributed by atoms with Crippen LogP contribution in [0.15, 0.2) is 73.6 Å². The standard InChI is InChI=1S/C22H19N3O6/c26-20(16-4-1-8-23-12-16)29-11-7-19(31-22(28)18-6-3-10-25-14-18)15-30-21(27)17-5-2-9-24-13-17/h1-6,8-10,12-14,19H,7,11,15H2. The lowest BCUT2D eigenvalue weighted by atomic mass is 10.2. The van der Waals surface area contributed by atoms with Crippen LogP contribution in [0.5, 0.6) is 0 Å². The molecule has 0 aromatic carbocycles. The summed E-state index contributed by atoms with van der Waals surface area (Å²) >= 11 is 0. The number of nitrogens with zero attached hydrogens (tertiary/aromatic N) is 3. The summed E-state index contributed by atoms with van der Waals surface area (Å²) in [5.74, 6) is -1.80. The van der Waals surface area contributed by atoms with Gasteiger partial charge in [0.15, 0.2) is 0 Å². The molecule has 1 unspecified atom stereocenters. The van der Waals surface area contributed by atoms with Gasteiger partial charge in [-0.05, 0) is 36.4 Å². The fraction of sp³-hybridized carbons (Fsp3) is 0.182. The van der Waals surface area contributed by atoms with Crippen molar-refractivity contribution >= 4 is 17.9 Å². The largest absolute Gasteiger partial charge is 0.462 e. The molecule has 1 atom stereocenters. The molecule has 0 radical (unpaired) electrons. The molecule has 3 heterocycles. The van der Waals surface area contributed by atoms with Gasteiger partial charge in [-0.15, -0.1) is 0 Å². The highest BCUT2D eigenvalue weighted by molar-refractivity contribution is 5.90. The number of hydrogen-bond acceptors (Lipinski definition) is 9. The van der Waals surface area contributed by atoms with Crippen LogP contribution in [-0.2, 0) is 14.2 Å². The lowest BCUT2D eigenvalue weighted by Gasteiger charge is -2.18. The van der Waals surface area contributed by atoms with Gasteiger partial charge in [0.1, 0.15) is 12.7 Å². The van der Waals surface area contributed by atoms with Crippen LogP contribution in [-0.4, -0.2) is 52.2 Å². The summed E-state index contributed by atoms with van der Waals surface area (Å²) in [7, 11) is 0. The Morgan fingerprint density at radius 3 is 1.68 bits per heavy atom. The Labute approximate surface area is 178 Å². The number of ether oxygens (including phenoxy) is 3. The molecule has 3 rings (SSSR count). The summed E-state index contributed by atoms with van der Waals surface area (Å²) < 4.78 is 15.9. The van der Waals surface area contributed by atoms with E-state index in [2.05, 4.69) is 15.0 Å². The zero-order chi connectivity index (χ0) is 21.9. The van der Waals surface area contributed by atoms with Crippen LogP contribution >= 0.6 is 0 Å². The monoisotopic (exact) mass is 421 g/mol. The first-order chi connectivity index (χ1) is 15.1. The van der Waals surface area contributed by atoms with Crippen molar-refractivity contribution < 1.29 is 28.6 Å². The van der Waals surface area contributed by atoms with E-state index in [0.29, 0.717) is 5.56 Å². The van der Waals surface area contributed by atoms with Crippen molar-refractivity contribution in [3.05, 3.63) is 90.3 Å². The molecule has 0 aliphatic carbocycles. The predicted octanol–water partition coefficient (Wildman–Crippen LogP) is 2.50. The van der Waals surface area contributed by atoms with Crippen molar-refractivity contribution in [1.29, 1.82) is 0 Å². The van der Waals surface area contributed by atoms with Crippen molar-refractivity contribution in [2.45, 2.75) is 12.5 Å². The zero-order valence-corrected chi connectivity index (χ0v) is 16.4. The highest BCUT2D eigenvalue weighted by Crippen LogP contribution is 2.09. The third-order valence-corrected chi connectivity index (χ3v) is 4.04. The zero-order valence-electron chi connectivity index (χ0n) is 16.4. The SMILES string of the molecule is O=C(OCCC(COC(=O)c1cccnc1)OC(=O)c1cccnc1)c1cccnc1. The van der Waals surface area contributed by atoms with Crippen molar-refractivity contribution in [1.82, 2.24) is 15.0 Å². The number of aromatic nitrogens is 3. The molecule has 0 saturated carbocycles. The van der Waals surface area contributed by atoms with E-state index >= 15 is 0 Å². The molecule has 0 fully saturated rings. The molecule has 3 aromatic rings.